The first-order valence-electron chi connectivity index (χ1n) is 8.71. The molecule has 2 aliphatic rings. The number of carbonyl (C=O) groups is 2. The van der Waals surface area contributed by atoms with Crippen LogP contribution in [0.2, 0.25) is 0 Å². The van der Waals surface area contributed by atoms with Crippen LogP contribution in [0.4, 0.5) is 5.69 Å². The van der Waals surface area contributed by atoms with Crippen LogP contribution in [0.25, 0.3) is 0 Å². The molecule has 0 aliphatic carbocycles. The van der Waals surface area contributed by atoms with Gasteiger partial charge >= 0.3 is 0 Å². The summed E-state index contributed by atoms with van der Waals surface area (Å²) in [6.07, 6.45) is 0.0807. The molecule has 0 radical (unpaired) electrons. The summed E-state index contributed by atoms with van der Waals surface area (Å²) in [6.45, 7) is 8.39. The molecule has 1 fully saturated rings. The van der Waals surface area contributed by atoms with Crippen molar-refractivity contribution in [3.8, 4) is 5.75 Å². The molecule has 24 heavy (non-hydrogen) atoms. The van der Waals surface area contributed by atoms with Crippen molar-refractivity contribution in [1.29, 1.82) is 0 Å². The SMILES string of the molecule is CCC1Oc2ccccc2N(CC(=O)N2CCN(CC)CC2)C1=O. The van der Waals surface area contributed by atoms with Gasteiger partial charge in [-0.3, -0.25) is 14.5 Å². The molecule has 2 heterocycles. The summed E-state index contributed by atoms with van der Waals surface area (Å²) in [7, 11) is 0. The molecular formula is C18H25N3O3. The molecule has 0 spiro atoms. The molecular weight excluding hydrogens is 306 g/mol. The number of ether oxygens (including phenoxy) is 1. The number of likely N-dealkylation sites (N-methyl/N-ethyl adjacent to an activating group) is 1. The number of benzene rings is 1. The van der Waals surface area contributed by atoms with Crippen LogP contribution in [0.5, 0.6) is 5.75 Å². The third-order valence-electron chi connectivity index (χ3n) is 4.80. The van der Waals surface area contributed by atoms with Gasteiger partial charge in [0, 0.05) is 26.2 Å². The van der Waals surface area contributed by atoms with Crippen molar-refractivity contribution in [1.82, 2.24) is 9.80 Å². The van der Waals surface area contributed by atoms with Crippen molar-refractivity contribution >= 4 is 17.5 Å². The fourth-order valence-corrected chi connectivity index (χ4v) is 3.25. The molecule has 0 saturated carbocycles. The molecule has 130 valence electrons. The third kappa shape index (κ3) is 3.24. The Kier molecular flexibility index (Phi) is 5.04. The maximum Gasteiger partial charge on any atom is 0.268 e. The number of amides is 2. The molecule has 6 heteroatoms. The molecule has 1 saturated heterocycles. The van der Waals surface area contributed by atoms with Gasteiger partial charge in [0.2, 0.25) is 5.91 Å². The lowest BCUT2D eigenvalue weighted by Crippen LogP contribution is -2.54. The van der Waals surface area contributed by atoms with E-state index in [1.807, 2.05) is 36.1 Å². The average Bonchev–Trinajstić information content (AvgIpc) is 2.63. The Labute approximate surface area is 143 Å². The Bertz CT molecular complexity index is 611. The number of piperazine rings is 1. The van der Waals surface area contributed by atoms with Gasteiger partial charge in [0.1, 0.15) is 12.3 Å². The second kappa shape index (κ2) is 7.21. The topological polar surface area (TPSA) is 53.1 Å². The largest absolute Gasteiger partial charge is 0.478 e. The smallest absolute Gasteiger partial charge is 0.268 e. The van der Waals surface area contributed by atoms with Crippen LogP contribution < -0.4 is 9.64 Å². The molecule has 0 bridgehead atoms. The summed E-state index contributed by atoms with van der Waals surface area (Å²) >= 11 is 0. The van der Waals surface area contributed by atoms with Crippen LogP contribution in [0, 0.1) is 0 Å². The second-order valence-corrected chi connectivity index (χ2v) is 6.22. The van der Waals surface area contributed by atoms with E-state index in [1.165, 1.54) is 0 Å². The lowest BCUT2D eigenvalue weighted by Gasteiger charge is -2.37. The van der Waals surface area contributed by atoms with Gasteiger partial charge in [0.15, 0.2) is 6.10 Å². The van der Waals surface area contributed by atoms with E-state index in [-0.39, 0.29) is 18.4 Å². The third-order valence-corrected chi connectivity index (χ3v) is 4.80. The summed E-state index contributed by atoms with van der Waals surface area (Å²) in [6, 6.07) is 7.42. The van der Waals surface area contributed by atoms with E-state index in [4.69, 9.17) is 4.74 Å². The molecule has 2 aliphatic heterocycles. The first-order chi connectivity index (χ1) is 11.6. The number of hydrogen-bond donors (Lipinski definition) is 0. The van der Waals surface area contributed by atoms with Gasteiger partial charge in [-0.25, -0.2) is 0 Å². The van der Waals surface area contributed by atoms with Gasteiger partial charge in [-0.05, 0) is 25.1 Å². The molecule has 6 nitrogen and oxygen atoms in total. The first-order valence-corrected chi connectivity index (χ1v) is 8.71. The minimum absolute atomic E-state index is 0.00524. The normalized spacial score (nSPS) is 21.4. The van der Waals surface area contributed by atoms with Gasteiger partial charge < -0.3 is 14.5 Å². The van der Waals surface area contributed by atoms with Crippen LogP contribution >= 0.6 is 0 Å². The highest BCUT2D eigenvalue weighted by atomic mass is 16.5. The highest BCUT2D eigenvalue weighted by molar-refractivity contribution is 6.03. The van der Waals surface area contributed by atoms with Gasteiger partial charge in [0.05, 0.1) is 5.69 Å². The van der Waals surface area contributed by atoms with E-state index < -0.39 is 6.10 Å². The van der Waals surface area contributed by atoms with Crippen LogP contribution in [0.3, 0.4) is 0 Å². The number of para-hydroxylation sites is 2. The number of hydrogen-bond acceptors (Lipinski definition) is 4. The number of anilines is 1. The Morgan fingerprint density at radius 1 is 1.17 bits per heavy atom. The standard InChI is InChI=1S/C18H25N3O3/c1-3-15-18(23)21(14-7-5-6-8-16(14)24-15)13-17(22)20-11-9-19(4-2)10-12-20/h5-8,15H,3-4,9-13H2,1-2H3. The van der Waals surface area contributed by atoms with Crippen molar-refractivity contribution in [2.75, 3.05) is 44.2 Å². The minimum Gasteiger partial charge on any atom is -0.478 e. The van der Waals surface area contributed by atoms with Gasteiger partial charge in [-0.2, -0.15) is 0 Å². The van der Waals surface area contributed by atoms with Crippen molar-refractivity contribution < 1.29 is 14.3 Å². The van der Waals surface area contributed by atoms with Gasteiger partial charge in [-0.1, -0.05) is 26.0 Å². The lowest BCUT2D eigenvalue weighted by molar-refractivity contribution is -0.134. The summed E-state index contributed by atoms with van der Waals surface area (Å²) in [5, 5.41) is 0. The van der Waals surface area contributed by atoms with E-state index >= 15 is 0 Å². The van der Waals surface area contributed by atoms with Gasteiger partial charge in [-0.15, -0.1) is 0 Å². The van der Waals surface area contributed by atoms with Crippen LogP contribution in [0.15, 0.2) is 24.3 Å². The Hall–Kier alpha value is -2.08. The maximum atomic E-state index is 12.7. The quantitative estimate of drug-likeness (QED) is 0.836. The van der Waals surface area contributed by atoms with Crippen molar-refractivity contribution in [3.05, 3.63) is 24.3 Å². The molecule has 0 N–H and O–H groups in total. The lowest BCUT2D eigenvalue weighted by atomic mass is 10.1. The molecule has 1 aromatic carbocycles. The van der Waals surface area contributed by atoms with E-state index in [1.54, 1.807) is 4.90 Å². The number of nitrogens with zero attached hydrogens (tertiary/aromatic N) is 3. The van der Waals surface area contributed by atoms with Crippen LogP contribution in [-0.4, -0.2) is 67.0 Å². The molecule has 3 rings (SSSR count). The minimum atomic E-state index is -0.510. The van der Waals surface area contributed by atoms with Crippen LogP contribution in [0.1, 0.15) is 20.3 Å². The van der Waals surface area contributed by atoms with Crippen molar-refractivity contribution in [3.63, 3.8) is 0 Å². The Morgan fingerprint density at radius 2 is 1.88 bits per heavy atom. The molecule has 1 unspecified atom stereocenters. The van der Waals surface area contributed by atoms with Gasteiger partial charge in [0.25, 0.3) is 5.91 Å². The Balaban J connectivity index is 1.73. The second-order valence-electron chi connectivity index (χ2n) is 6.22. The maximum absolute atomic E-state index is 12.7. The zero-order valence-electron chi connectivity index (χ0n) is 14.4. The zero-order valence-corrected chi connectivity index (χ0v) is 14.4. The molecule has 1 atom stereocenters. The summed E-state index contributed by atoms with van der Waals surface area (Å²) in [4.78, 5) is 31.1. The van der Waals surface area contributed by atoms with E-state index in [0.29, 0.717) is 17.9 Å². The molecule has 1 aromatic rings. The van der Waals surface area contributed by atoms with Crippen LogP contribution in [-0.2, 0) is 9.59 Å². The summed E-state index contributed by atoms with van der Waals surface area (Å²) in [5.74, 6) is 0.551. The first kappa shape index (κ1) is 16.8. The highest BCUT2D eigenvalue weighted by Crippen LogP contribution is 2.34. The summed E-state index contributed by atoms with van der Waals surface area (Å²) in [5.41, 5.74) is 0.688. The number of fused-ring (bicyclic) bond motifs is 1. The number of rotatable bonds is 4. The summed E-state index contributed by atoms with van der Waals surface area (Å²) < 4.78 is 5.76. The van der Waals surface area contributed by atoms with E-state index in [2.05, 4.69) is 11.8 Å². The molecule has 0 aromatic heterocycles. The van der Waals surface area contributed by atoms with E-state index in [9.17, 15) is 9.59 Å². The molecule has 2 amide bonds. The number of carbonyl (C=O) groups excluding carboxylic acids is 2. The predicted molar refractivity (Wildman–Crippen MR) is 92.2 cm³/mol. The van der Waals surface area contributed by atoms with Crippen molar-refractivity contribution in [2.45, 2.75) is 26.4 Å². The average molecular weight is 331 g/mol. The van der Waals surface area contributed by atoms with Crippen molar-refractivity contribution in [2.24, 2.45) is 0 Å². The van der Waals surface area contributed by atoms with E-state index in [0.717, 1.165) is 32.7 Å². The fourth-order valence-electron chi connectivity index (χ4n) is 3.25. The Morgan fingerprint density at radius 3 is 2.54 bits per heavy atom. The monoisotopic (exact) mass is 331 g/mol. The fraction of sp³-hybridized carbons (Fsp3) is 0.556. The highest BCUT2D eigenvalue weighted by Gasteiger charge is 2.35. The predicted octanol–water partition coefficient (Wildman–Crippen LogP) is 1.35. The zero-order chi connectivity index (χ0) is 17.1.